The normalized spacial score (nSPS) is 17.6. The number of hydrogen-bond donors (Lipinski definition) is 0. The third kappa shape index (κ3) is 1.83. The van der Waals surface area contributed by atoms with Crippen LogP contribution in [0.4, 0.5) is 0 Å². The van der Waals surface area contributed by atoms with E-state index < -0.39 is 0 Å². The van der Waals surface area contributed by atoms with E-state index in [1.807, 2.05) is 18.5 Å². The predicted molar refractivity (Wildman–Crippen MR) is 72.9 cm³/mol. The van der Waals surface area contributed by atoms with Gasteiger partial charge in [0.05, 0.1) is 11.1 Å². The van der Waals surface area contributed by atoms with Crippen molar-refractivity contribution in [3.8, 4) is 0 Å². The highest BCUT2D eigenvalue weighted by molar-refractivity contribution is 6.20. The smallest absolute Gasteiger partial charge is 0.158 e. The number of hydrogen-bond acceptors (Lipinski definition) is 2. The summed E-state index contributed by atoms with van der Waals surface area (Å²) < 4.78 is 4.33. The molecular formula is C13H19ClN4. The predicted octanol–water partition coefficient (Wildman–Crippen LogP) is 3.27. The van der Waals surface area contributed by atoms with E-state index in [1.165, 1.54) is 12.8 Å². The van der Waals surface area contributed by atoms with Crippen molar-refractivity contribution in [3.63, 3.8) is 0 Å². The standard InChI is InChI=1S/C13H19ClN4/c1-4-18-13-11(9(3)16-18)15-12(8(2)14)17(13)7-10-5-6-10/h8,10H,4-7H2,1-3H3. The first-order chi connectivity index (χ1) is 8.61. The number of rotatable bonds is 4. The van der Waals surface area contributed by atoms with E-state index in [9.17, 15) is 0 Å². The number of aromatic nitrogens is 4. The second-order valence-electron chi connectivity index (χ2n) is 5.21. The Bertz CT molecular complexity index is 577. The average molecular weight is 267 g/mol. The molecule has 3 rings (SSSR count). The highest BCUT2D eigenvalue weighted by Crippen LogP contribution is 2.34. The zero-order valence-electron chi connectivity index (χ0n) is 11.1. The van der Waals surface area contributed by atoms with Crippen LogP contribution < -0.4 is 0 Å². The molecule has 0 amide bonds. The molecule has 18 heavy (non-hydrogen) atoms. The van der Waals surface area contributed by atoms with Crippen LogP contribution in [0.5, 0.6) is 0 Å². The van der Waals surface area contributed by atoms with Crippen LogP contribution in [-0.2, 0) is 13.1 Å². The number of alkyl halides is 1. The Hall–Kier alpha value is -1.03. The molecule has 5 heteroatoms. The molecule has 0 aromatic carbocycles. The van der Waals surface area contributed by atoms with Gasteiger partial charge in [-0.25, -0.2) is 9.67 Å². The van der Waals surface area contributed by atoms with Gasteiger partial charge >= 0.3 is 0 Å². The summed E-state index contributed by atoms with van der Waals surface area (Å²) in [5, 5.41) is 4.49. The molecule has 1 saturated carbocycles. The lowest BCUT2D eigenvalue weighted by atomic mass is 10.3. The Morgan fingerprint density at radius 2 is 2.17 bits per heavy atom. The molecule has 1 unspecified atom stereocenters. The van der Waals surface area contributed by atoms with Crippen LogP contribution in [-0.4, -0.2) is 19.3 Å². The molecular weight excluding hydrogens is 248 g/mol. The minimum atomic E-state index is -0.0548. The van der Waals surface area contributed by atoms with E-state index in [4.69, 9.17) is 16.6 Å². The van der Waals surface area contributed by atoms with Crippen molar-refractivity contribution in [2.24, 2.45) is 5.92 Å². The maximum absolute atomic E-state index is 6.28. The summed E-state index contributed by atoms with van der Waals surface area (Å²) in [6.07, 6.45) is 2.66. The van der Waals surface area contributed by atoms with Crippen LogP contribution in [0.3, 0.4) is 0 Å². The number of imidazole rings is 1. The molecule has 2 heterocycles. The molecule has 0 spiro atoms. The quantitative estimate of drug-likeness (QED) is 0.796. The first kappa shape index (κ1) is 12.0. The minimum absolute atomic E-state index is 0.0548. The van der Waals surface area contributed by atoms with Crippen molar-refractivity contribution in [1.29, 1.82) is 0 Å². The van der Waals surface area contributed by atoms with Gasteiger partial charge in [-0.2, -0.15) is 5.10 Å². The van der Waals surface area contributed by atoms with Crippen molar-refractivity contribution in [2.75, 3.05) is 0 Å². The van der Waals surface area contributed by atoms with Gasteiger partial charge in [-0.05, 0) is 39.5 Å². The second kappa shape index (κ2) is 4.26. The molecule has 4 nitrogen and oxygen atoms in total. The van der Waals surface area contributed by atoms with Gasteiger partial charge in [-0.15, -0.1) is 11.6 Å². The molecule has 1 fully saturated rings. The van der Waals surface area contributed by atoms with Crippen LogP contribution in [0.25, 0.3) is 11.2 Å². The van der Waals surface area contributed by atoms with Gasteiger partial charge in [0, 0.05) is 13.1 Å². The molecule has 0 aliphatic heterocycles. The zero-order valence-corrected chi connectivity index (χ0v) is 11.9. The maximum Gasteiger partial charge on any atom is 0.158 e. The molecule has 0 radical (unpaired) electrons. The summed E-state index contributed by atoms with van der Waals surface area (Å²) in [6.45, 7) is 8.03. The fraction of sp³-hybridized carbons (Fsp3) is 0.692. The highest BCUT2D eigenvalue weighted by Gasteiger charge is 2.27. The second-order valence-corrected chi connectivity index (χ2v) is 5.87. The lowest BCUT2D eigenvalue weighted by Gasteiger charge is -2.10. The molecule has 98 valence electrons. The monoisotopic (exact) mass is 266 g/mol. The van der Waals surface area contributed by atoms with E-state index in [0.29, 0.717) is 0 Å². The summed E-state index contributed by atoms with van der Waals surface area (Å²) >= 11 is 6.28. The largest absolute Gasteiger partial charge is 0.311 e. The van der Waals surface area contributed by atoms with Crippen LogP contribution >= 0.6 is 11.6 Å². The summed E-state index contributed by atoms with van der Waals surface area (Å²) in [6, 6.07) is 0. The number of aryl methyl sites for hydroxylation is 2. The van der Waals surface area contributed by atoms with Crippen LogP contribution in [0, 0.1) is 12.8 Å². The fourth-order valence-electron chi connectivity index (χ4n) is 2.50. The Morgan fingerprint density at radius 3 is 2.72 bits per heavy atom. The Balaban J connectivity index is 2.20. The maximum atomic E-state index is 6.28. The first-order valence-electron chi connectivity index (χ1n) is 6.69. The van der Waals surface area contributed by atoms with Crippen LogP contribution in [0.15, 0.2) is 0 Å². The van der Waals surface area contributed by atoms with Gasteiger partial charge in [-0.3, -0.25) is 0 Å². The lowest BCUT2D eigenvalue weighted by Crippen LogP contribution is -2.10. The molecule has 2 aromatic rings. The SMILES string of the molecule is CCn1nc(C)c2nc(C(C)Cl)n(CC3CC3)c21. The van der Waals surface area contributed by atoms with Crippen molar-refractivity contribution in [2.45, 2.75) is 52.1 Å². The van der Waals surface area contributed by atoms with Crippen LogP contribution in [0.2, 0.25) is 0 Å². The average Bonchev–Trinajstić information content (AvgIpc) is 2.97. The number of fused-ring (bicyclic) bond motifs is 1. The van der Waals surface area contributed by atoms with Crippen molar-refractivity contribution < 1.29 is 0 Å². The summed E-state index contributed by atoms with van der Waals surface area (Å²) in [5.41, 5.74) is 3.16. The van der Waals surface area contributed by atoms with Crippen molar-refractivity contribution in [3.05, 3.63) is 11.5 Å². The molecule has 0 bridgehead atoms. The third-order valence-corrected chi connectivity index (χ3v) is 3.82. The fourth-order valence-corrected chi connectivity index (χ4v) is 2.67. The van der Waals surface area contributed by atoms with Crippen molar-refractivity contribution >= 4 is 22.8 Å². The summed E-state index contributed by atoms with van der Waals surface area (Å²) in [5.74, 6) is 1.79. The highest BCUT2D eigenvalue weighted by atomic mass is 35.5. The zero-order chi connectivity index (χ0) is 12.9. The Morgan fingerprint density at radius 1 is 1.44 bits per heavy atom. The van der Waals surface area contributed by atoms with Gasteiger partial charge in [0.25, 0.3) is 0 Å². The summed E-state index contributed by atoms with van der Waals surface area (Å²) in [4.78, 5) is 4.71. The van der Waals surface area contributed by atoms with Gasteiger partial charge in [0.1, 0.15) is 11.3 Å². The number of halogens is 1. The van der Waals surface area contributed by atoms with Gasteiger partial charge < -0.3 is 4.57 Å². The van der Waals surface area contributed by atoms with Crippen molar-refractivity contribution in [1.82, 2.24) is 19.3 Å². The topological polar surface area (TPSA) is 35.6 Å². The first-order valence-corrected chi connectivity index (χ1v) is 7.13. The molecule has 2 aromatic heterocycles. The summed E-state index contributed by atoms with van der Waals surface area (Å²) in [7, 11) is 0. The molecule has 1 aliphatic carbocycles. The third-order valence-electron chi connectivity index (χ3n) is 3.62. The minimum Gasteiger partial charge on any atom is -0.311 e. The molecule has 1 aliphatic rings. The van der Waals surface area contributed by atoms with E-state index in [1.54, 1.807) is 0 Å². The van der Waals surface area contributed by atoms with E-state index in [-0.39, 0.29) is 5.38 Å². The Kier molecular flexibility index (Phi) is 2.85. The van der Waals surface area contributed by atoms with Gasteiger partial charge in [0.15, 0.2) is 5.65 Å². The number of nitrogens with zero attached hydrogens (tertiary/aromatic N) is 4. The molecule has 1 atom stereocenters. The lowest BCUT2D eigenvalue weighted by molar-refractivity contribution is 0.576. The van der Waals surface area contributed by atoms with Crippen LogP contribution in [0.1, 0.15) is 43.6 Å². The van der Waals surface area contributed by atoms with E-state index >= 15 is 0 Å². The van der Waals surface area contributed by atoms with Gasteiger partial charge in [-0.1, -0.05) is 0 Å². The van der Waals surface area contributed by atoms with Gasteiger partial charge in [0.2, 0.25) is 0 Å². The Labute approximate surface area is 112 Å². The molecule has 0 saturated heterocycles. The van der Waals surface area contributed by atoms with E-state index in [2.05, 4.69) is 16.6 Å². The van der Waals surface area contributed by atoms with E-state index in [0.717, 1.165) is 41.7 Å². The molecule has 0 N–H and O–H groups in total.